The number of unbranched alkanes of at least 4 members (excludes halogenated alkanes) is 1. The second-order valence-corrected chi connectivity index (χ2v) is 7.00. The fourth-order valence-electron chi connectivity index (χ4n) is 3.51. The first kappa shape index (κ1) is 19.7. The second-order valence-electron chi connectivity index (χ2n) is 7.00. The summed E-state index contributed by atoms with van der Waals surface area (Å²) < 4.78 is 22.7. The minimum Gasteiger partial charge on any atom is -0.497 e. The van der Waals surface area contributed by atoms with Crippen molar-refractivity contribution in [3.8, 4) is 11.5 Å². The molecule has 1 aliphatic heterocycles. The predicted octanol–water partition coefficient (Wildman–Crippen LogP) is 5.48. The number of methoxy groups -OCH3 is 2. The molecular formula is C23H30O4. The van der Waals surface area contributed by atoms with Crippen LogP contribution in [0.15, 0.2) is 48.5 Å². The van der Waals surface area contributed by atoms with Crippen molar-refractivity contribution in [3.05, 3.63) is 59.7 Å². The minimum atomic E-state index is -0.198. The van der Waals surface area contributed by atoms with Crippen LogP contribution in [0.25, 0.3) is 0 Å². The van der Waals surface area contributed by atoms with Gasteiger partial charge in [0.05, 0.1) is 19.8 Å². The second kappa shape index (κ2) is 9.77. The summed E-state index contributed by atoms with van der Waals surface area (Å²) in [4.78, 5) is 0. The number of hydrogen-bond acceptors (Lipinski definition) is 4. The molecule has 1 saturated heterocycles. The summed E-state index contributed by atoms with van der Waals surface area (Å²) >= 11 is 0. The first-order valence-corrected chi connectivity index (χ1v) is 9.78. The zero-order chi connectivity index (χ0) is 19.1. The largest absolute Gasteiger partial charge is 0.497 e. The summed E-state index contributed by atoms with van der Waals surface area (Å²) in [6, 6.07) is 16.6. The van der Waals surface area contributed by atoms with E-state index in [0.29, 0.717) is 5.92 Å². The minimum absolute atomic E-state index is 0.0140. The van der Waals surface area contributed by atoms with Crippen LogP contribution in [-0.4, -0.2) is 27.1 Å². The van der Waals surface area contributed by atoms with E-state index in [-0.39, 0.29) is 12.4 Å². The Morgan fingerprint density at radius 1 is 0.889 bits per heavy atom. The van der Waals surface area contributed by atoms with Gasteiger partial charge >= 0.3 is 0 Å². The topological polar surface area (TPSA) is 36.9 Å². The molecule has 2 aromatic carbocycles. The molecule has 0 aromatic heterocycles. The monoisotopic (exact) mass is 370 g/mol. The highest BCUT2D eigenvalue weighted by molar-refractivity contribution is 5.32. The maximum absolute atomic E-state index is 6.15. The zero-order valence-corrected chi connectivity index (χ0v) is 16.5. The van der Waals surface area contributed by atoms with Crippen molar-refractivity contribution in [2.24, 2.45) is 0 Å². The maximum Gasteiger partial charge on any atom is 0.158 e. The summed E-state index contributed by atoms with van der Waals surface area (Å²) in [5.74, 6) is 2.18. The zero-order valence-electron chi connectivity index (χ0n) is 16.5. The van der Waals surface area contributed by atoms with E-state index in [1.807, 2.05) is 12.1 Å². The Morgan fingerprint density at radius 3 is 2.19 bits per heavy atom. The normalized spacial score (nSPS) is 22.4. The summed E-state index contributed by atoms with van der Waals surface area (Å²) in [5.41, 5.74) is 2.46. The lowest BCUT2D eigenvalue weighted by atomic mass is 9.86. The number of hydrogen-bond donors (Lipinski definition) is 0. The van der Waals surface area contributed by atoms with Gasteiger partial charge in [-0.15, -0.1) is 0 Å². The molecule has 1 aliphatic rings. The molecular weight excluding hydrogens is 340 g/mol. The highest BCUT2D eigenvalue weighted by Gasteiger charge is 2.31. The van der Waals surface area contributed by atoms with E-state index in [0.717, 1.165) is 49.4 Å². The van der Waals surface area contributed by atoms with Crippen LogP contribution in [-0.2, 0) is 9.47 Å². The van der Waals surface area contributed by atoms with Crippen LogP contribution in [0.5, 0.6) is 11.5 Å². The molecule has 0 saturated carbocycles. The Kier molecular flexibility index (Phi) is 7.13. The fourth-order valence-corrected chi connectivity index (χ4v) is 3.51. The number of benzene rings is 2. The third-order valence-corrected chi connectivity index (χ3v) is 5.16. The van der Waals surface area contributed by atoms with Crippen molar-refractivity contribution in [1.29, 1.82) is 0 Å². The molecule has 1 heterocycles. The van der Waals surface area contributed by atoms with Gasteiger partial charge in [-0.2, -0.15) is 0 Å². The van der Waals surface area contributed by atoms with Gasteiger partial charge < -0.3 is 18.9 Å². The van der Waals surface area contributed by atoms with Crippen LogP contribution in [0.1, 0.15) is 55.8 Å². The van der Waals surface area contributed by atoms with Crippen LogP contribution in [0, 0.1) is 0 Å². The van der Waals surface area contributed by atoms with E-state index in [1.54, 1.807) is 14.2 Å². The highest BCUT2D eigenvalue weighted by atomic mass is 16.7. The highest BCUT2D eigenvalue weighted by Crippen LogP contribution is 2.41. The van der Waals surface area contributed by atoms with Crippen LogP contribution < -0.4 is 9.47 Å². The fraction of sp³-hybridized carbons (Fsp3) is 0.478. The van der Waals surface area contributed by atoms with Crippen LogP contribution in [0.3, 0.4) is 0 Å². The van der Waals surface area contributed by atoms with Gasteiger partial charge in [-0.25, -0.2) is 0 Å². The maximum atomic E-state index is 6.15. The number of rotatable bonds is 8. The molecule has 3 atom stereocenters. The van der Waals surface area contributed by atoms with Crippen LogP contribution in [0.4, 0.5) is 0 Å². The Bertz CT molecular complexity index is 681. The molecule has 0 radical (unpaired) electrons. The van der Waals surface area contributed by atoms with Gasteiger partial charge in [-0.3, -0.25) is 0 Å². The molecule has 3 unspecified atom stereocenters. The molecule has 146 valence electrons. The van der Waals surface area contributed by atoms with Crippen molar-refractivity contribution >= 4 is 0 Å². The van der Waals surface area contributed by atoms with E-state index < -0.39 is 0 Å². The van der Waals surface area contributed by atoms with Crippen LogP contribution >= 0.6 is 0 Å². The smallest absolute Gasteiger partial charge is 0.158 e. The third-order valence-electron chi connectivity index (χ3n) is 5.16. The van der Waals surface area contributed by atoms with E-state index in [9.17, 15) is 0 Å². The van der Waals surface area contributed by atoms with Crippen molar-refractivity contribution in [3.63, 3.8) is 0 Å². The van der Waals surface area contributed by atoms with Gasteiger partial charge in [0, 0.05) is 13.5 Å². The van der Waals surface area contributed by atoms with E-state index in [4.69, 9.17) is 18.9 Å². The summed E-state index contributed by atoms with van der Waals surface area (Å²) in [7, 11) is 3.39. The van der Waals surface area contributed by atoms with Gasteiger partial charge in [0.2, 0.25) is 0 Å². The first-order valence-electron chi connectivity index (χ1n) is 9.78. The Hall–Kier alpha value is -2.04. The average Bonchev–Trinajstić information content (AvgIpc) is 2.74. The van der Waals surface area contributed by atoms with E-state index in [1.165, 1.54) is 5.56 Å². The molecule has 0 amide bonds. The molecule has 27 heavy (non-hydrogen) atoms. The summed E-state index contributed by atoms with van der Waals surface area (Å²) in [6.07, 6.45) is 3.84. The molecule has 2 aromatic rings. The molecule has 0 N–H and O–H groups in total. The summed E-state index contributed by atoms with van der Waals surface area (Å²) in [6.45, 7) is 2.95. The number of ether oxygens (including phenoxy) is 4. The van der Waals surface area contributed by atoms with Gasteiger partial charge in [-0.1, -0.05) is 37.6 Å². The average molecular weight is 370 g/mol. The SMILES string of the molecule is CCCCOc1ccc(C2CC(OC)OC(c3ccc(OC)cc3)C2)cc1. The lowest BCUT2D eigenvalue weighted by molar-refractivity contribution is -0.187. The van der Waals surface area contributed by atoms with E-state index in [2.05, 4.69) is 43.3 Å². The van der Waals surface area contributed by atoms with Gasteiger partial charge in [0.15, 0.2) is 6.29 Å². The van der Waals surface area contributed by atoms with Crippen molar-refractivity contribution in [2.45, 2.75) is 50.9 Å². The van der Waals surface area contributed by atoms with Crippen molar-refractivity contribution < 1.29 is 18.9 Å². The van der Waals surface area contributed by atoms with Gasteiger partial charge in [0.25, 0.3) is 0 Å². The molecule has 3 rings (SSSR count). The predicted molar refractivity (Wildman–Crippen MR) is 106 cm³/mol. The Labute approximate surface area is 162 Å². The van der Waals surface area contributed by atoms with E-state index >= 15 is 0 Å². The quantitative estimate of drug-likeness (QED) is 0.577. The third kappa shape index (κ3) is 5.24. The molecule has 1 fully saturated rings. The van der Waals surface area contributed by atoms with Crippen molar-refractivity contribution in [2.75, 3.05) is 20.8 Å². The standard InChI is InChI=1S/C23H30O4/c1-4-5-14-26-21-12-6-17(7-13-21)19-15-22(27-23(16-19)25-3)18-8-10-20(24-2)11-9-18/h6-13,19,22-23H,4-5,14-16H2,1-3H3. The summed E-state index contributed by atoms with van der Waals surface area (Å²) in [5, 5.41) is 0. The van der Waals surface area contributed by atoms with Gasteiger partial charge in [-0.05, 0) is 54.2 Å². The van der Waals surface area contributed by atoms with Crippen LogP contribution in [0.2, 0.25) is 0 Å². The van der Waals surface area contributed by atoms with Gasteiger partial charge in [0.1, 0.15) is 11.5 Å². The molecule has 4 nitrogen and oxygen atoms in total. The lowest BCUT2D eigenvalue weighted by Gasteiger charge is -2.35. The first-order chi connectivity index (χ1) is 13.2. The Morgan fingerprint density at radius 2 is 1.56 bits per heavy atom. The Balaban J connectivity index is 1.70. The lowest BCUT2D eigenvalue weighted by Crippen LogP contribution is -2.28. The molecule has 0 aliphatic carbocycles. The molecule has 4 heteroatoms. The molecule has 0 bridgehead atoms. The molecule has 0 spiro atoms. The van der Waals surface area contributed by atoms with Crippen molar-refractivity contribution in [1.82, 2.24) is 0 Å².